The number of hydrogen-bond acceptors (Lipinski definition) is 5. The van der Waals surface area contributed by atoms with Crippen LogP contribution in [0.5, 0.6) is 0 Å². The van der Waals surface area contributed by atoms with Crippen molar-refractivity contribution < 1.29 is 56.1 Å². The summed E-state index contributed by atoms with van der Waals surface area (Å²) < 4.78 is 6.57. The number of fused-ring (bicyclic) bond motifs is 1. The number of halogens is 1. The molecule has 1 aliphatic heterocycles. The first kappa shape index (κ1) is 19.8. The van der Waals surface area contributed by atoms with Crippen LogP contribution in [0.15, 0.2) is 18.7 Å². The molecular formula is C15H13CeClN5O3-. The standard InChI is InChI=1S/C15H13ClN5O3.Ce/c1-8(24-2)10-7-9(16)3-4-11(10)17-14(23)13-19-15-18-12(22)5-6-21(15)20-13;/h4,7H,1,5-6H2,2H3,(H,17,23)(H,18,19,20,22);/q-1;. The maximum Gasteiger partial charge on any atom is 0.284 e. The molecule has 3 rings (SSSR count). The first-order chi connectivity index (χ1) is 11.5. The van der Waals surface area contributed by atoms with Crippen molar-refractivity contribution in [2.24, 2.45) is 0 Å². The molecule has 0 radical (unpaired) electrons. The van der Waals surface area contributed by atoms with E-state index in [0.29, 0.717) is 35.0 Å². The number of ether oxygens (including phenoxy) is 1. The van der Waals surface area contributed by atoms with Gasteiger partial charge >= 0.3 is 0 Å². The molecule has 0 saturated carbocycles. The Balaban J connectivity index is 0.00000225. The molecule has 2 amide bonds. The number of amides is 2. The number of nitrogens with one attached hydrogen (secondary N) is 2. The topological polar surface area (TPSA) is 98.1 Å². The number of aryl methyl sites for hydroxylation is 1. The van der Waals surface area contributed by atoms with Gasteiger partial charge in [0, 0.05) is 48.2 Å². The molecule has 1 aromatic carbocycles. The predicted molar refractivity (Wildman–Crippen MR) is 87.6 cm³/mol. The number of benzene rings is 1. The summed E-state index contributed by atoms with van der Waals surface area (Å²) in [6.45, 7) is 4.13. The first-order valence-corrected chi connectivity index (χ1v) is 7.36. The van der Waals surface area contributed by atoms with Crippen molar-refractivity contribution >= 4 is 40.8 Å². The van der Waals surface area contributed by atoms with Crippen LogP contribution >= 0.6 is 11.6 Å². The molecule has 0 saturated heterocycles. The zero-order valence-corrected chi connectivity index (χ0v) is 17.1. The Kier molecular flexibility index (Phi) is 6.55. The Morgan fingerprint density at radius 1 is 1.56 bits per heavy atom. The van der Waals surface area contributed by atoms with Gasteiger partial charge in [-0.2, -0.15) is 17.1 Å². The molecule has 2 aromatic rings. The van der Waals surface area contributed by atoms with Crippen LogP contribution in [0.2, 0.25) is 5.02 Å². The zero-order valence-electron chi connectivity index (χ0n) is 13.2. The van der Waals surface area contributed by atoms with Crippen molar-refractivity contribution in [1.29, 1.82) is 0 Å². The van der Waals surface area contributed by atoms with Crippen LogP contribution in [0.1, 0.15) is 22.6 Å². The van der Waals surface area contributed by atoms with Crippen molar-refractivity contribution in [3.8, 4) is 0 Å². The number of aromatic nitrogens is 3. The molecule has 25 heavy (non-hydrogen) atoms. The van der Waals surface area contributed by atoms with E-state index in [9.17, 15) is 9.59 Å². The minimum Gasteiger partial charge on any atom is -0.499 e. The molecule has 1 aromatic heterocycles. The molecule has 2 heterocycles. The summed E-state index contributed by atoms with van der Waals surface area (Å²) in [7, 11) is 1.46. The average molecular weight is 487 g/mol. The van der Waals surface area contributed by atoms with Crippen LogP contribution in [-0.2, 0) is 16.1 Å². The Morgan fingerprint density at radius 2 is 2.32 bits per heavy atom. The van der Waals surface area contributed by atoms with E-state index in [1.165, 1.54) is 17.9 Å². The summed E-state index contributed by atoms with van der Waals surface area (Å²) in [5.74, 6) is -0.165. The molecule has 0 aliphatic carbocycles. The van der Waals surface area contributed by atoms with Crippen LogP contribution in [-0.4, -0.2) is 33.7 Å². The molecule has 0 bridgehead atoms. The maximum absolute atomic E-state index is 12.4. The smallest absolute Gasteiger partial charge is 0.284 e. The third-order valence-electron chi connectivity index (χ3n) is 3.39. The van der Waals surface area contributed by atoms with Crippen LogP contribution in [0.25, 0.3) is 5.76 Å². The second kappa shape index (κ2) is 8.26. The summed E-state index contributed by atoms with van der Waals surface area (Å²) >= 11 is 5.92. The normalized spacial score (nSPS) is 12.5. The summed E-state index contributed by atoms with van der Waals surface area (Å²) in [4.78, 5) is 27.8. The average Bonchev–Trinajstić information content (AvgIpc) is 2.98. The molecule has 0 atom stereocenters. The number of anilines is 2. The summed E-state index contributed by atoms with van der Waals surface area (Å²) in [6.07, 6.45) is 0.293. The Hall–Kier alpha value is -1.49. The van der Waals surface area contributed by atoms with Crippen molar-refractivity contribution in [3.63, 3.8) is 0 Å². The predicted octanol–water partition coefficient (Wildman–Crippen LogP) is 1.94. The minimum absolute atomic E-state index is 0. The maximum atomic E-state index is 12.4. The van der Waals surface area contributed by atoms with E-state index >= 15 is 0 Å². The number of nitrogens with zero attached hydrogens (tertiary/aromatic N) is 3. The molecule has 1 aliphatic rings. The first-order valence-electron chi connectivity index (χ1n) is 6.98. The van der Waals surface area contributed by atoms with Crippen LogP contribution in [0, 0.1) is 47.8 Å². The monoisotopic (exact) mass is 486 g/mol. The van der Waals surface area contributed by atoms with Gasteiger partial charge in [0.15, 0.2) is 0 Å². The van der Waals surface area contributed by atoms with Gasteiger partial charge in [-0.15, -0.1) is 22.8 Å². The van der Waals surface area contributed by atoms with Crippen molar-refractivity contribution in [2.45, 2.75) is 13.0 Å². The van der Waals surface area contributed by atoms with Crippen LogP contribution in [0.4, 0.5) is 11.6 Å². The van der Waals surface area contributed by atoms with E-state index < -0.39 is 5.91 Å². The fourth-order valence-corrected chi connectivity index (χ4v) is 2.33. The molecule has 0 fully saturated rings. The van der Waals surface area contributed by atoms with E-state index in [-0.39, 0.29) is 59.4 Å². The van der Waals surface area contributed by atoms with Crippen LogP contribution in [0.3, 0.4) is 0 Å². The number of carbonyl (C=O) groups is 2. The number of methoxy groups -OCH3 is 1. The van der Waals surface area contributed by atoms with Crippen molar-refractivity contribution in [1.82, 2.24) is 14.8 Å². The molecule has 0 unspecified atom stereocenters. The molecule has 0 spiro atoms. The van der Waals surface area contributed by atoms with Crippen LogP contribution < -0.4 is 10.6 Å². The van der Waals surface area contributed by atoms with Gasteiger partial charge < -0.3 is 10.1 Å². The van der Waals surface area contributed by atoms with Gasteiger partial charge in [-0.25, -0.2) is 4.68 Å². The summed E-state index contributed by atoms with van der Waals surface area (Å²) in [5, 5.41) is 9.67. The third-order valence-corrected chi connectivity index (χ3v) is 3.61. The largest absolute Gasteiger partial charge is 0.499 e. The Morgan fingerprint density at radius 3 is 3.04 bits per heavy atom. The molecule has 10 heteroatoms. The quantitative estimate of drug-likeness (QED) is 0.508. The van der Waals surface area contributed by atoms with E-state index in [2.05, 4.69) is 33.4 Å². The van der Waals surface area contributed by atoms with E-state index in [1.807, 2.05) is 0 Å². The van der Waals surface area contributed by atoms with Crippen molar-refractivity contribution in [2.75, 3.05) is 17.7 Å². The van der Waals surface area contributed by atoms with Gasteiger partial charge in [-0.3, -0.25) is 14.9 Å². The third kappa shape index (κ3) is 4.38. The second-order valence-corrected chi connectivity index (χ2v) is 5.38. The van der Waals surface area contributed by atoms with E-state index in [0.717, 1.165) is 0 Å². The summed E-state index contributed by atoms with van der Waals surface area (Å²) in [5.41, 5.74) is 0.930. The van der Waals surface area contributed by atoms with E-state index in [4.69, 9.17) is 16.3 Å². The molecular weight excluding hydrogens is 474 g/mol. The summed E-state index contributed by atoms with van der Waals surface area (Å²) in [6, 6.07) is 5.87. The molecule has 2 N–H and O–H groups in total. The SMILES string of the molecule is C=C(OC)c1cc(Cl)[c-]cc1NC(=O)c1nc2n(n1)CCC(=O)N2.[Ce]. The van der Waals surface area contributed by atoms with Gasteiger partial charge in [0.25, 0.3) is 5.91 Å². The molecule has 8 nitrogen and oxygen atoms in total. The van der Waals surface area contributed by atoms with Gasteiger partial charge in [0.05, 0.1) is 19.4 Å². The van der Waals surface area contributed by atoms with E-state index in [1.54, 1.807) is 6.07 Å². The van der Waals surface area contributed by atoms with Crippen molar-refractivity contribution in [3.05, 3.63) is 41.2 Å². The minimum atomic E-state index is -0.535. The Labute approximate surface area is 182 Å². The van der Waals surface area contributed by atoms with Gasteiger partial charge in [-0.1, -0.05) is 22.9 Å². The fraction of sp³-hybridized carbons (Fsp3) is 0.200. The zero-order chi connectivity index (χ0) is 17.3. The second-order valence-electron chi connectivity index (χ2n) is 4.97. The van der Waals surface area contributed by atoms with Gasteiger partial charge in [-0.05, 0) is 0 Å². The number of hydrogen-bond donors (Lipinski definition) is 2. The Bertz CT molecular complexity index is 852. The number of carbonyl (C=O) groups excluding carboxylic acids is 2. The fourth-order valence-electron chi connectivity index (χ4n) is 2.17. The molecule has 128 valence electrons. The number of rotatable bonds is 4. The van der Waals surface area contributed by atoms with Gasteiger partial charge in [0.1, 0.15) is 0 Å². The van der Waals surface area contributed by atoms with Gasteiger partial charge in [0.2, 0.25) is 17.7 Å².